The summed E-state index contributed by atoms with van der Waals surface area (Å²) in [6.45, 7) is 3.22. The molecule has 2 rings (SSSR count). The van der Waals surface area contributed by atoms with E-state index in [2.05, 4.69) is 6.92 Å². The molecule has 5 nitrogen and oxygen atoms in total. The van der Waals surface area contributed by atoms with Gasteiger partial charge in [0.15, 0.2) is 6.54 Å². The predicted molar refractivity (Wildman–Crippen MR) is 124 cm³/mol. The van der Waals surface area contributed by atoms with Crippen LogP contribution in [0.2, 0.25) is 0 Å². The number of unbranched alkanes of at least 4 members (excludes halogenated alkanes) is 13. The summed E-state index contributed by atoms with van der Waals surface area (Å²) in [6.07, 6.45) is 18.4. The summed E-state index contributed by atoms with van der Waals surface area (Å²) in [5.41, 5.74) is 0.980. The maximum atomic E-state index is 12.4. The minimum atomic E-state index is -0.265. The molecule has 0 radical (unpaired) electrons. The molecule has 1 N–H and O–H groups in total. The largest absolute Gasteiger partial charge is 0.449 e. The molecule has 0 saturated carbocycles. The SMILES string of the molecule is CCCCCCCCCCCCCCCCON1CC(=O)[NH+](Cc2ccccc2)C1=O. The number of nitrogens with one attached hydrogen (secondary N) is 1. The van der Waals surface area contributed by atoms with E-state index in [9.17, 15) is 9.59 Å². The minimum absolute atomic E-state index is 0.0552. The lowest BCUT2D eigenvalue weighted by Crippen LogP contribution is -3.14. The van der Waals surface area contributed by atoms with E-state index in [0.29, 0.717) is 18.1 Å². The molecule has 1 saturated heterocycles. The first-order valence-corrected chi connectivity index (χ1v) is 12.6. The molecule has 0 bridgehead atoms. The van der Waals surface area contributed by atoms with Crippen molar-refractivity contribution in [1.29, 1.82) is 0 Å². The number of carbonyl (C=O) groups excluding carboxylic acids is 2. The summed E-state index contributed by atoms with van der Waals surface area (Å²) >= 11 is 0. The molecule has 174 valence electrons. The molecular weight excluding hydrogens is 388 g/mol. The van der Waals surface area contributed by atoms with Gasteiger partial charge in [0.05, 0.1) is 6.61 Å². The summed E-state index contributed by atoms with van der Waals surface area (Å²) < 4.78 is 0. The van der Waals surface area contributed by atoms with Gasteiger partial charge in [0.1, 0.15) is 6.54 Å². The third-order valence-electron chi connectivity index (χ3n) is 6.08. The number of hydrogen-bond acceptors (Lipinski definition) is 3. The molecule has 5 heteroatoms. The summed E-state index contributed by atoms with van der Waals surface area (Å²) in [5.74, 6) is -0.116. The Bertz CT molecular complexity index is 620. The summed E-state index contributed by atoms with van der Waals surface area (Å²) in [4.78, 5) is 30.6. The average Bonchev–Trinajstić information content (AvgIpc) is 3.04. The quantitative estimate of drug-likeness (QED) is 0.248. The van der Waals surface area contributed by atoms with Crippen LogP contribution in [0.3, 0.4) is 0 Å². The lowest BCUT2D eigenvalue weighted by Gasteiger charge is -2.12. The molecule has 1 aromatic carbocycles. The fourth-order valence-corrected chi connectivity index (χ4v) is 4.12. The second-order valence-corrected chi connectivity index (χ2v) is 8.84. The van der Waals surface area contributed by atoms with Gasteiger partial charge in [0, 0.05) is 5.56 Å². The van der Waals surface area contributed by atoms with Gasteiger partial charge in [0.25, 0.3) is 0 Å². The Hall–Kier alpha value is -1.72. The van der Waals surface area contributed by atoms with Crippen molar-refractivity contribution in [2.75, 3.05) is 13.2 Å². The molecule has 1 fully saturated rings. The van der Waals surface area contributed by atoms with Gasteiger partial charge in [-0.15, -0.1) is 0 Å². The highest BCUT2D eigenvalue weighted by Gasteiger charge is 2.43. The van der Waals surface area contributed by atoms with E-state index in [1.54, 1.807) is 0 Å². The molecule has 31 heavy (non-hydrogen) atoms. The summed E-state index contributed by atoms with van der Waals surface area (Å²) in [7, 11) is 0. The summed E-state index contributed by atoms with van der Waals surface area (Å²) in [5, 5.41) is 1.25. The molecule has 1 aliphatic rings. The number of amides is 3. The highest BCUT2D eigenvalue weighted by Crippen LogP contribution is 2.13. The van der Waals surface area contributed by atoms with Crippen LogP contribution in [-0.4, -0.2) is 30.2 Å². The standard InChI is InChI=1S/C26H42N2O3/c1-2-3-4-5-6-7-8-9-10-11-12-13-14-18-21-31-28-23-25(29)27(26(28)30)22-24-19-16-15-17-20-24/h15-17,19-20H,2-14,18,21-23H2,1H3/p+1. The van der Waals surface area contributed by atoms with Crippen LogP contribution in [0.15, 0.2) is 30.3 Å². The Morgan fingerprint density at radius 3 is 1.84 bits per heavy atom. The first-order chi connectivity index (χ1) is 15.2. The number of hydrogen-bond donors (Lipinski definition) is 1. The second-order valence-electron chi connectivity index (χ2n) is 8.84. The highest BCUT2D eigenvalue weighted by atomic mass is 16.7. The number of benzene rings is 1. The number of hydroxylamine groups is 2. The molecule has 3 amide bonds. The van der Waals surface area contributed by atoms with Crippen LogP contribution in [0.5, 0.6) is 0 Å². The third kappa shape index (κ3) is 10.4. The lowest BCUT2D eigenvalue weighted by atomic mass is 10.0. The molecule has 0 aliphatic carbocycles. The van der Waals surface area contributed by atoms with Crippen LogP contribution in [0.25, 0.3) is 0 Å². The van der Waals surface area contributed by atoms with Gasteiger partial charge in [-0.1, -0.05) is 121 Å². The van der Waals surface area contributed by atoms with Crippen molar-refractivity contribution in [3.8, 4) is 0 Å². The smallest absolute Gasteiger partial charge is 0.266 e. The highest BCUT2D eigenvalue weighted by molar-refractivity contribution is 5.87. The molecule has 1 aliphatic heterocycles. The van der Waals surface area contributed by atoms with Crippen LogP contribution in [0, 0.1) is 0 Å². The number of urea groups is 1. The molecule has 0 spiro atoms. The first-order valence-electron chi connectivity index (χ1n) is 12.6. The van der Waals surface area contributed by atoms with Gasteiger partial charge in [0.2, 0.25) is 0 Å². The van der Waals surface area contributed by atoms with Gasteiger partial charge in [-0.2, -0.15) is 9.96 Å². The van der Waals surface area contributed by atoms with E-state index in [1.807, 2.05) is 30.3 Å². The fourth-order valence-electron chi connectivity index (χ4n) is 4.12. The second kappa shape index (κ2) is 16.0. The monoisotopic (exact) mass is 431 g/mol. The third-order valence-corrected chi connectivity index (χ3v) is 6.08. The number of nitrogens with zero attached hydrogens (tertiary/aromatic N) is 1. The van der Waals surface area contributed by atoms with Gasteiger partial charge in [-0.05, 0) is 6.42 Å². The van der Waals surface area contributed by atoms with E-state index in [1.165, 1.54) is 82.1 Å². The van der Waals surface area contributed by atoms with Gasteiger partial charge >= 0.3 is 11.9 Å². The molecule has 1 aromatic rings. The number of carbonyl (C=O) groups is 2. The van der Waals surface area contributed by atoms with Crippen molar-refractivity contribution in [3.63, 3.8) is 0 Å². The zero-order valence-corrected chi connectivity index (χ0v) is 19.6. The Kier molecular flexibility index (Phi) is 13.2. The van der Waals surface area contributed by atoms with Crippen LogP contribution in [0.4, 0.5) is 4.79 Å². The van der Waals surface area contributed by atoms with E-state index >= 15 is 0 Å². The fraction of sp³-hybridized carbons (Fsp3) is 0.692. The first kappa shape index (κ1) is 25.5. The maximum Gasteiger partial charge on any atom is 0.449 e. The molecule has 0 aromatic heterocycles. The van der Waals surface area contributed by atoms with Crippen LogP contribution < -0.4 is 4.90 Å². The van der Waals surface area contributed by atoms with Crippen LogP contribution in [0.1, 0.15) is 102 Å². The normalized spacial score (nSPS) is 16.4. The van der Waals surface area contributed by atoms with Crippen molar-refractivity contribution < 1.29 is 19.3 Å². The Labute approximate surface area is 189 Å². The van der Waals surface area contributed by atoms with E-state index in [4.69, 9.17) is 4.84 Å². The van der Waals surface area contributed by atoms with E-state index in [-0.39, 0.29) is 18.5 Å². The maximum absolute atomic E-state index is 12.4. The van der Waals surface area contributed by atoms with Crippen LogP contribution in [-0.2, 0) is 16.2 Å². The van der Waals surface area contributed by atoms with E-state index < -0.39 is 0 Å². The zero-order valence-electron chi connectivity index (χ0n) is 19.6. The topological polar surface area (TPSA) is 51.0 Å². The average molecular weight is 432 g/mol. The summed E-state index contributed by atoms with van der Waals surface area (Å²) in [6, 6.07) is 9.38. The van der Waals surface area contributed by atoms with E-state index in [0.717, 1.165) is 18.4 Å². The number of quaternary nitrogens is 1. The van der Waals surface area contributed by atoms with Crippen molar-refractivity contribution >= 4 is 11.9 Å². The molecule has 1 heterocycles. The van der Waals surface area contributed by atoms with Crippen molar-refractivity contribution in [2.24, 2.45) is 0 Å². The predicted octanol–water partition coefficient (Wildman–Crippen LogP) is 5.45. The Morgan fingerprint density at radius 1 is 0.774 bits per heavy atom. The molecule has 1 unspecified atom stereocenters. The van der Waals surface area contributed by atoms with Gasteiger partial charge < -0.3 is 0 Å². The lowest BCUT2D eigenvalue weighted by molar-refractivity contribution is -0.744. The van der Waals surface area contributed by atoms with Gasteiger partial charge in [-0.25, -0.2) is 9.59 Å². The molecular formula is C26H43N2O3+. The van der Waals surface area contributed by atoms with Crippen molar-refractivity contribution in [3.05, 3.63) is 35.9 Å². The van der Waals surface area contributed by atoms with Crippen molar-refractivity contribution in [2.45, 2.75) is 103 Å². The van der Waals surface area contributed by atoms with Crippen molar-refractivity contribution in [1.82, 2.24) is 5.06 Å². The number of rotatable bonds is 18. The zero-order chi connectivity index (χ0) is 22.2. The Balaban J connectivity index is 1.42. The minimum Gasteiger partial charge on any atom is -0.266 e. The molecule has 1 atom stereocenters. The Morgan fingerprint density at radius 2 is 1.29 bits per heavy atom. The van der Waals surface area contributed by atoms with Crippen LogP contribution >= 0.6 is 0 Å². The van der Waals surface area contributed by atoms with Gasteiger partial charge in [-0.3, -0.25) is 4.84 Å². The number of imide groups is 1.